The molecular weight excluding hydrogens is 348 g/mol. The predicted octanol–water partition coefficient (Wildman–Crippen LogP) is 2.09. The fourth-order valence-corrected chi connectivity index (χ4v) is 2.87. The molecule has 2 rings (SSSR count). The van der Waals surface area contributed by atoms with Crippen LogP contribution in [0.25, 0.3) is 0 Å². The van der Waals surface area contributed by atoms with Crippen molar-refractivity contribution in [3.8, 4) is 0 Å². The van der Waals surface area contributed by atoms with Gasteiger partial charge in [-0.2, -0.15) is 0 Å². The number of fused-ring (bicyclic) bond motifs is 1. The average Bonchev–Trinajstić information content (AvgIpc) is 2.50. The van der Waals surface area contributed by atoms with E-state index in [2.05, 4.69) is 0 Å². The number of amides is 1. The molecular formula is C16H22N2O8. The van der Waals surface area contributed by atoms with Crippen molar-refractivity contribution in [2.24, 2.45) is 5.41 Å². The largest absolute Gasteiger partial charge is 0.499 e. The highest BCUT2D eigenvalue weighted by atomic mass is 16.6. The summed E-state index contributed by atoms with van der Waals surface area (Å²) in [6, 6.07) is 0. The van der Waals surface area contributed by atoms with Gasteiger partial charge in [0, 0.05) is 6.42 Å². The van der Waals surface area contributed by atoms with Crippen LogP contribution in [-0.2, 0) is 19.0 Å². The number of carbonyl (C=O) groups excluding carboxylic acids is 1. The number of nitrogens with zero attached hydrogens (tertiary/aromatic N) is 2. The third-order valence-corrected chi connectivity index (χ3v) is 4.08. The second-order valence-electron chi connectivity index (χ2n) is 7.21. The number of carbonyl (C=O) groups is 2. The van der Waals surface area contributed by atoms with Gasteiger partial charge in [-0.3, -0.25) is 19.8 Å². The minimum absolute atomic E-state index is 0.0396. The third kappa shape index (κ3) is 3.31. The van der Waals surface area contributed by atoms with E-state index < -0.39 is 33.7 Å². The summed E-state index contributed by atoms with van der Waals surface area (Å²) in [4.78, 5) is 36.3. The first-order chi connectivity index (χ1) is 11.9. The van der Waals surface area contributed by atoms with Crippen molar-refractivity contribution >= 4 is 12.1 Å². The Kier molecular flexibility index (Phi) is 4.89. The molecule has 0 saturated carbocycles. The molecule has 26 heavy (non-hydrogen) atoms. The lowest BCUT2D eigenvalue weighted by molar-refractivity contribution is -0.442. The minimum Gasteiger partial charge on any atom is -0.499 e. The minimum atomic E-state index is -1.86. The molecule has 0 aromatic carbocycles. The monoisotopic (exact) mass is 370 g/mol. The SMILES string of the molecule is COC1=C2C(=C([N+](=O)[O-])C(C)(C(=O)O)C1)OCCN2C(=O)OC(C)(C)C. The van der Waals surface area contributed by atoms with Crippen LogP contribution in [0.5, 0.6) is 0 Å². The van der Waals surface area contributed by atoms with Gasteiger partial charge in [0.15, 0.2) is 5.41 Å². The number of hydrogen-bond acceptors (Lipinski definition) is 7. The summed E-state index contributed by atoms with van der Waals surface area (Å²) in [6.45, 7) is 6.36. The summed E-state index contributed by atoms with van der Waals surface area (Å²) < 4.78 is 16.1. The van der Waals surface area contributed by atoms with Gasteiger partial charge in [0.1, 0.15) is 23.7 Å². The van der Waals surface area contributed by atoms with E-state index in [9.17, 15) is 24.8 Å². The predicted molar refractivity (Wildman–Crippen MR) is 87.3 cm³/mol. The molecule has 1 amide bonds. The lowest BCUT2D eigenvalue weighted by Gasteiger charge is -2.38. The van der Waals surface area contributed by atoms with E-state index >= 15 is 0 Å². The summed E-state index contributed by atoms with van der Waals surface area (Å²) in [5.41, 5.74) is -3.21. The van der Waals surface area contributed by atoms with Crippen molar-refractivity contribution < 1.29 is 33.8 Å². The van der Waals surface area contributed by atoms with Crippen molar-refractivity contribution in [2.75, 3.05) is 20.3 Å². The molecule has 0 spiro atoms. The van der Waals surface area contributed by atoms with Crippen molar-refractivity contribution in [3.63, 3.8) is 0 Å². The number of nitro groups is 1. The van der Waals surface area contributed by atoms with Gasteiger partial charge in [-0.15, -0.1) is 0 Å². The quantitative estimate of drug-likeness (QED) is 0.591. The molecule has 10 heteroatoms. The first kappa shape index (κ1) is 19.5. The molecule has 1 saturated heterocycles. The van der Waals surface area contributed by atoms with Crippen LogP contribution in [0.1, 0.15) is 34.1 Å². The Hall–Kier alpha value is -2.78. The molecule has 0 aromatic rings. The second-order valence-corrected chi connectivity index (χ2v) is 7.21. The first-order valence-corrected chi connectivity index (χ1v) is 7.95. The zero-order valence-electron chi connectivity index (χ0n) is 15.3. The Morgan fingerprint density at radius 1 is 1.38 bits per heavy atom. The summed E-state index contributed by atoms with van der Waals surface area (Å²) >= 11 is 0. The second kappa shape index (κ2) is 6.50. The highest BCUT2D eigenvalue weighted by Crippen LogP contribution is 2.46. The molecule has 144 valence electrons. The number of rotatable bonds is 3. The maximum Gasteiger partial charge on any atom is 0.415 e. The molecule has 1 N–H and O–H groups in total. The van der Waals surface area contributed by atoms with Crippen LogP contribution in [0, 0.1) is 15.5 Å². The van der Waals surface area contributed by atoms with Gasteiger partial charge in [0.25, 0.3) is 0 Å². The zero-order valence-corrected chi connectivity index (χ0v) is 15.3. The molecule has 2 aliphatic rings. The van der Waals surface area contributed by atoms with E-state index in [1.54, 1.807) is 20.8 Å². The molecule has 1 aliphatic carbocycles. The molecule has 1 fully saturated rings. The molecule has 1 atom stereocenters. The molecule has 1 heterocycles. The van der Waals surface area contributed by atoms with Crippen molar-refractivity contribution in [1.82, 2.24) is 4.90 Å². The zero-order chi connectivity index (χ0) is 19.9. The van der Waals surface area contributed by atoms with Crippen molar-refractivity contribution in [2.45, 2.75) is 39.7 Å². The maximum absolute atomic E-state index is 12.6. The average molecular weight is 370 g/mol. The number of aliphatic carboxylic acids is 1. The number of carboxylic acid groups (broad SMARTS) is 1. The van der Waals surface area contributed by atoms with Gasteiger partial charge in [-0.1, -0.05) is 0 Å². The van der Waals surface area contributed by atoms with E-state index in [0.29, 0.717) is 0 Å². The molecule has 0 aromatic heterocycles. The summed E-state index contributed by atoms with van der Waals surface area (Å²) in [5.74, 6) is -1.55. The summed E-state index contributed by atoms with van der Waals surface area (Å²) in [6.07, 6.45) is -1.01. The molecule has 1 unspecified atom stereocenters. The normalized spacial score (nSPS) is 23.2. The standard InChI is InChI=1S/C16H22N2O8/c1-15(2,3)26-14(21)17-6-7-25-11-10(17)9(24-5)8-16(4,13(19)20)12(11)18(22)23/h6-8H2,1-5H3,(H,19,20). The smallest absolute Gasteiger partial charge is 0.415 e. The molecule has 0 radical (unpaired) electrons. The molecule has 1 aliphatic heterocycles. The van der Waals surface area contributed by atoms with Gasteiger partial charge >= 0.3 is 17.8 Å². The number of hydrogen-bond donors (Lipinski definition) is 1. The van der Waals surface area contributed by atoms with E-state index in [-0.39, 0.29) is 36.8 Å². The van der Waals surface area contributed by atoms with Crippen LogP contribution in [0.3, 0.4) is 0 Å². The highest BCUT2D eigenvalue weighted by Gasteiger charge is 2.56. The topological polar surface area (TPSA) is 128 Å². The fourth-order valence-electron chi connectivity index (χ4n) is 2.87. The molecule has 10 nitrogen and oxygen atoms in total. The fraction of sp³-hybridized carbons (Fsp3) is 0.625. The van der Waals surface area contributed by atoms with E-state index in [0.717, 1.165) is 0 Å². The Morgan fingerprint density at radius 2 is 2.00 bits per heavy atom. The number of methoxy groups -OCH3 is 1. The van der Waals surface area contributed by atoms with Crippen LogP contribution >= 0.6 is 0 Å². The van der Waals surface area contributed by atoms with E-state index in [4.69, 9.17) is 14.2 Å². The van der Waals surface area contributed by atoms with E-state index in [1.165, 1.54) is 18.9 Å². The lowest BCUT2D eigenvalue weighted by Crippen LogP contribution is -2.47. The summed E-state index contributed by atoms with van der Waals surface area (Å²) in [5, 5.41) is 21.2. The van der Waals surface area contributed by atoms with Crippen molar-refractivity contribution in [1.29, 1.82) is 0 Å². The Labute approximate surface area is 150 Å². The number of ether oxygens (including phenoxy) is 3. The van der Waals surface area contributed by atoms with Gasteiger partial charge in [0.05, 0.1) is 18.6 Å². The summed E-state index contributed by atoms with van der Waals surface area (Å²) in [7, 11) is 1.31. The molecule has 0 bridgehead atoms. The maximum atomic E-state index is 12.6. The Bertz CT molecular complexity index is 718. The van der Waals surface area contributed by atoms with Crippen molar-refractivity contribution in [3.05, 3.63) is 33.0 Å². The van der Waals surface area contributed by atoms with Gasteiger partial charge in [-0.25, -0.2) is 4.79 Å². The van der Waals surface area contributed by atoms with Crippen LogP contribution < -0.4 is 0 Å². The van der Waals surface area contributed by atoms with Gasteiger partial charge in [0.2, 0.25) is 5.76 Å². The van der Waals surface area contributed by atoms with E-state index in [1.807, 2.05) is 0 Å². The Balaban J connectivity index is 2.63. The first-order valence-electron chi connectivity index (χ1n) is 7.95. The van der Waals surface area contributed by atoms with Crippen LogP contribution in [-0.4, -0.2) is 52.9 Å². The van der Waals surface area contributed by atoms with Crippen LogP contribution in [0.2, 0.25) is 0 Å². The van der Waals surface area contributed by atoms with Gasteiger partial charge < -0.3 is 19.3 Å². The number of morpholine rings is 1. The van der Waals surface area contributed by atoms with Gasteiger partial charge in [-0.05, 0) is 27.7 Å². The number of allylic oxidation sites excluding steroid dienone is 1. The third-order valence-electron chi connectivity index (χ3n) is 4.08. The number of carboxylic acids is 1. The Morgan fingerprint density at radius 3 is 2.46 bits per heavy atom. The lowest BCUT2D eigenvalue weighted by atomic mass is 9.77. The van der Waals surface area contributed by atoms with Crippen LogP contribution in [0.4, 0.5) is 4.79 Å². The highest BCUT2D eigenvalue weighted by molar-refractivity contribution is 5.80. The van der Waals surface area contributed by atoms with Crippen LogP contribution in [0.15, 0.2) is 22.9 Å².